The molecule has 0 nitrogen and oxygen atoms in total. The fourth-order valence-electron chi connectivity index (χ4n) is 4.19. The predicted octanol–water partition coefficient (Wildman–Crippen LogP) is -3.96. The average Bonchev–Trinajstić information content (AvgIpc) is 2.96. The molecule has 2 aliphatic carbocycles. The standard InChI is InChI=1S/C22H31Si.3ClH.Ti/c1-2-3-12-19-16-22(23-21-13-8-5-9-14-21)17-20(19)15-18-10-6-4-7-11-18;;;;/h5,8-9,13-14,18H,2-4,6-7,10-12,15,17,23H2,1H3;3*1H;/q-1;;;;+4/p-3. The van der Waals surface area contributed by atoms with Gasteiger partial charge in [0.1, 0.15) is 0 Å². The first-order valence-electron chi connectivity index (χ1n) is 9.71. The normalized spacial score (nSPS) is 16.9. The van der Waals surface area contributed by atoms with Crippen molar-refractivity contribution in [2.45, 2.75) is 71.1 Å². The Bertz CT molecular complexity index is 566. The minimum absolute atomic E-state index is 0. The van der Waals surface area contributed by atoms with Gasteiger partial charge in [0.05, 0.1) is 9.52 Å². The van der Waals surface area contributed by atoms with E-state index in [1.54, 1.807) is 21.5 Å². The first-order valence-corrected chi connectivity index (χ1v) is 11.1. The third-order valence-corrected chi connectivity index (χ3v) is 7.21. The third kappa shape index (κ3) is 9.70. The molecular weight excluding hydrogens is 447 g/mol. The molecule has 0 N–H and O–H groups in total. The van der Waals surface area contributed by atoms with E-state index in [1.165, 1.54) is 64.2 Å². The summed E-state index contributed by atoms with van der Waals surface area (Å²) in [5.74, 6) is 0.968. The molecule has 1 aromatic carbocycles. The summed E-state index contributed by atoms with van der Waals surface area (Å²) in [5, 5.41) is 3.23. The van der Waals surface area contributed by atoms with Gasteiger partial charge in [0.2, 0.25) is 0 Å². The van der Waals surface area contributed by atoms with Crippen LogP contribution in [0.15, 0.2) is 46.7 Å². The number of rotatable bonds is 7. The summed E-state index contributed by atoms with van der Waals surface area (Å²) in [7, 11) is -0.296. The Morgan fingerprint density at radius 2 is 1.67 bits per heavy atom. The molecule has 0 spiro atoms. The molecule has 0 heterocycles. The Morgan fingerprint density at radius 1 is 1.00 bits per heavy atom. The van der Waals surface area contributed by atoms with Crippen molar-refractivity contribution in [2.75, 3.05) is 0 Å². The summed E-state index contributed by atoms with van der Waals surface area (Å²) in [4.78, 5) is 0. The molecule has 5 heteroatoms. The first-order chi connectivity index (χ1) is 11.3. The van der Waals surface area contributed by atoms with Crippen LogP contribution in [0.3, 0.4) is 0 Å². The van der Waals surface area contributed by atoms with E-state index in [4.69, 9.17) is 0 Å². The smallest absolute Gasteiger partial charge is 1.00 e. The number of hydrogen-bond donors (Lipinski definition) is 0. The van der Waals surface area contributed by atoms with E-state index in [2.05, 4.69) is 43.3 Å². The Balaban J connectivity index is 0. The molecule has 2 aliphatic rings. The molecule has 27 heavy (non-hydrogen) atoms. The van der Waals surface area contributed by atoms with Crippen LogP contribution in [0.2, 0.25) is 0 Å². The van der Waals surface area contributed by atoms with E-state index in [9.17, 15) is 0 Å². The van der Waals surface area contributed by atoms with Gasteiger partial charge in [-0.25, -0.2) is 11.1 Å². The van der Waals surface area contributed by atoms with Crippen molar-refractivity contribution in [1.82, 2.24) is 0 Å². The molecule has 1 saturated carbocycles. The summed E-state index contributed by atoms with van der Waals surface area (Å²) in [6.07, 6.45) is 17.7. The van der Waals surface area contributed by atoms with E-state index in [0.29, 0.717) is 0 Å². The van der Waals surface area contributed by atoms with E-state index in [1.807, 2.05) is 0 Å². The van der Waals surface area contributed by atoms with Gasteiger partial charge in [-0.2, -0.15) is 5.20 Å². The number of halogens is 3. The van der Waals surface area contributed by atoms with Gasteiger partial charge >= 0.3 is 21.7 Å². The third-order valence-electron chi connectivity index (χ3n) is 5.48. The topological polar surface area (TPSA) is 0 Å². The van der Waals surface area contributed by atoms with Crippen molar-refractivity contribution < 1.29 is 58.9 Å². The van der Waals surface area contributed by atoms with E-state index in [0.717, 1.165) is 5.92 Å². The molecule has 0 bridgehead atoms. The summed E-state index contributed by atoms with van der Waals surface area (Å²) in [6.45, 7) is 2.31. The van der Waals surface area contributed by atoms with Crippen LogP contribution in [0.5, 0.6) is 0 Å². The minimum Gasteiger partial charge on any atom is -1.00 e. The Morgan fingerprint density at radius 3 is 2.30 bits per heavy atom. The summed E-state index contributed by atoms with van der Waals surface area (Å²) >= 11 is 0. The molecule has 0 aliphatic heterocycles. The Kier molecular flexibility index (Phi) is 17.9. The maximum absolute atomic E-state index is 3.87. The quantitative estimate of drug-likeness (QED) is 0.278. The summed E-state index contributed by atoms with van der Waals surface area (Å²) < 4.78 is 0. The molecule has 0 saturated heterocycles. The van der Waals surface area contributed by atoms with Gasteiger partial charge in [0, 0.05) is 0 Å². The summed E-state index contributed by atoms with van der Waals surface area (Å²) in [5.41, 5.74) is 3.37. The van der Waals surface area contributed by atoms with Crippen LogP contribution < -0.4 is 42.4 Å². The molecule has 1 fully saturated rings. The van der Waals surface area contributed by atoms with Crippen LogP contribution in [0.25, 0.3) is 0 Å². The Labute approximate surface area is 202 Å². The molecular formula is C22H31Cl3SiTi. The SMILES string of the molecule is CCCCC1=C(CC2CCCCC2)CC([SiH2]c2ccccc2)=[C-]1.[Cl-].[Cl-].[Cl-].[Ti+4]. The second-order valence-corrected chi connectivity index (χ2v) is 9.49. The fraction of sp³-hybridized carbons (Fsp3) is 0.545. The minimum atomic E-state index is -0.296. The van der Waals surface area contributed by atoms with Crippen molar-refractivity contribution in [3.63, 3.8) is 0 Å². The molecule has 0 amide bonds. The average molecular weight is 478 g/mol. The Hall–Kier alpha value is 0.501. The van der Waals surface area contributed by atoms with Crippen LogP contribution in [0, 0.1) is 12.0 Å². The predicted molar refractivity (Wildman–Crippen MR) is 104 cm³/mol. The van der Waals surface area contributed by atoms with Gasteiger partial charge in [-0.1, -0.05) is 113 Å². The molecule has 148 valence electrons. The van der Waals surface area contributed by atoms with Crippen LogP contribution in [0.4, 0.5) is 0 Å². The summed E-state index contributed by atoms with van der Waals surface area (Å²) in [6, 6.07) is 11.1. The van der Waals surface area contributed by atoms with Crippen molar-refractivity contribution >= 4 is 14.7 Å². The first kappa shape index (κ1) is 29.7. The van der Waals surface area contributed by atoms with Crippen LogP contribution in [-0.4, -0.2) is 9.52 Å². The van der Waals surface area contributed by atoms with E-state index in [-0.39, 0.29) is 68.5 Å². The molecule has 3 rings (SSSR count). The van der Waals surface area contributed by atoms with Gasteiger partial charge in [-0.3, -0.25) is 6.08 Å². The maximum Gasteiger partial charge on any atom is 4.00 e. The van der Waals surface area contributed by atoms with Crippen LogP contribution >= 0.6 is 0 Å². The largest absolute Gasteiger partial charge is 4.00 e. The van der Waals surface area contributed by atoms with Crippen LogP contribution in [0.1, 0.15) is 71.1 Å². The number of hydrogen-bond acceptors (Lipinski definition) is 0. The van der Waals surface area contributed by atoms with Crippen molar-refractivity contribution in [3.05, 3.63) is 52.8 Å². The van der Waals surface area contributed by atoms with Crippen molar-refractivity contribution in [1.29, 1.82) is 0 Å². The van der Waals surface area contributed by atoms with E-state index >= 15 is 0 Å². The zero-order chi connectivity index (χ0) is 15.9. The molecule has 0 unspecified atom stereocenters. The number of allylic oxidation sites excluding steroid dienone is 4. The second-order valence-electron chi connectivity index (χ2n) is 7.46. The molecule has 0 radical (unpaired) electrons. The van der Waals surface area contributed by atoms with Crippen LogP contribution in [-0.2, 0) is 21.7 Å². The van der Waals surface area contributed by atoms with Crippen molar-refractivity contribution in [2.24, 2.45) is 5.92 Å². The number of benzene rings is 1. The number of unbranched alkanes of at least 4 members (excludes halogenated alkanes) is 1. The zero-order valence-corrected chi connectivity index (χ0v) is 21.6. The van der Waals surface area contributed by atoms with Gasteiger partial charge in [0.15, 0.2) is 0 Å². The monoisotopic (exact) mass is 476 g/mol. The van der Waals surface area contributed by atoms with Crippen molar-refractivity contribution in [3.8, 4) is 0 Å². The van der Waals surface area contributed by atoms with Gasteiger partial charge < -0.3 is 37.2 Å². The van der Waals surface area contributed by atoms with Gasteiger partial charge in [-0.05, 0) is 0 Å². The maximum atomic E-state index is 3.87. The molecule has 1 aromatic rings. The van der Waals surface area contributed by atoms with Gasteiger partial charge in [-0.15, -0.1) is 0 Å². The van der Waals surface area contributed by atoms with E-state index < -0.39 is 0 Å². The molecule has 0 atom stereocenters. The fourth-order valence-corrected chi connectivity index (χ4v) is 5.92. The molecule has 0 aromatic heterocycles. The second kappa shape index (κ2) is 16.3. The van der Waals surface area contributed by atoms with Gasteiger partial charge in [0.25, 0.3) is 0 Å². The zero-order valence-electron chi connectivity index (χ0n) is 16.4.